The van der Waals surface area contributed by atoms with Crippen LogP contribution in [0.25, 0.3) is 0 Å². The zero-order valence-corrected chi connectivity index (χ0v) is 10.1. The Kier molecular flexibility index (Phi) is 3.75. The SMILES string of the molecule is N#Cc1ncccc1CNc1cccc(Cl)c1F. The van der Waals surface area contributed by atoms with Crippen molar-refractivity contribution in [2.24, 2.45) is 0 Å². The molecule has 1 N–H and O–H groups in total. The Bertz CT molecular complexity index is 607. The topological polar surface area (TPSA) is 48.7 Å². The summed E-state index contributed by atoms with van der Waals surface area (Å²) in [6.45, 7) is 0.313. The highest BCUT2D eigenvalue weighted by atomic mass is 35.5. The van der Waals surface area contributed by atoms with E-state index >= 15 is 0 Å². The number of nitriles is 1. The van der Waals surface area contributed by atoms with Crippen molar-refractivity contribution in [3.8, 4) is 6.07 Å². The summed E-state index contributed by atoms with van der Waals surface area (Å²) >= 11 is 5.67. The Morgan fingerprint density at radius 1 is 1.33 bits per heavy atom. The van der Waals surface area contributed by atoms with Gasteiger partial charge in [0.25, 0.3) is 0 Å². The van der Waals surface area contributed by atoms with Crippen molar-refractivity contribution < 1.29 is 4.39 Å². The van der Waals surface area contributed by atoms with Crippen LogP contribution in [0.2, 0.25) is 5.02 Å². The Morgan fingerprint density at radius 3 is 2.94 bits per heavy atom. The van der Waals surface area contributed by atoms with Crippen LogP contribution in [0.1, 0.15) is 11.3 Å². The first-order chi connectivity index (χ1) is 8.72. The molecule has 0 bridgehead atoms. The van der Waals surface area contributed by atoms with Gasteiger partial charge < -0.3 is 5.32 Å². The molecule has 0 aliphatic carbocycles. The second kappa shape index (κ2) is 5.48. The Balaban J connectivity index is 2.17. The van der Waals surface area contributed by atoms with Gasteiger partial charge in [-0.15, -0.1) is 0 Å². The molecule has 1 aromatic heterocycles. The van der Waals surface area contributed by atoms with Crippen LogP contribution in [0.4, 0.5) is 10.1 Å². The molecule has 0 spiro atoms. The predicted molar refractivity (Wildman–Crippen MR) is 67.7 cm³/mol. The first-order valence-corrected chi connectivity index (χ1v) is 5.62. The first-order valence-electron chi connectivity index (χ1n) is 5.24. The number of aromatic nitrogens is 1. The minimum absolute atomic E-state index is 0.0618. The lowest BCUT2D eigenvalue weighted by Crippen LogP contribution is -2.04. The molecule has 3 nitrogen and oxygen atoms in total. The lowest BCUT2D eigenvalue weighted by Gasteiger charge is -2.08. The van der Waals surface area contributed by atoms with E-state index in [-0.39, 0.29) is 5.02 Å². The monoisotopic (exact) mass is 261 g/mol. The number of anilines is 1. The van der Waals surface area contributed by atoms with Crippen LogP contribution in [0, 0.1) is 17.1 Å². The molecule has 0 fully saturated rings. The number of pyridine rings is 1. The van der Waals surface area contributed by atoms with Crippen molar-refractivity contribution in [2.45, 2.75) is 6.54 Å². The lowest BCUT2D eigenvalue weighted by atomic mass is 10.2. The average Bonchev–Trinajstić information content (AvgIpc) is 2.41. The summed E-state index contributed by atoms with van der Waals surface area (Å²) in [5.74, 6) is -0.499. The summed E-state index contributed by atoms with van der Waals surface area (Å²) in [6.07, 6.45) is 1.54. The molecule has 1 aromatic carbocycles. The van der Waals surface area contributed by atoms with E-state index < -0.39 is 5.82 Å². The van der Waals surface area contributed by atoms with Crippen LogP contribution < -0.4 is 5.32 Å². The van der Waals surface area contributed by atoms with E-state index in [1.54, 1.807) is 30.5 Å². The Labute approximate surface area is 109 Å². The van der Waals surface area contributed by atoms with Gasteiger partial charge in [-0.2, -0.15) is 5.26 Å². The molecule has 90 valence electrons. The Hall–Kier alpha value is -2.12. The molecular weight excluding hydrogens is 253 g/mol. The second-order valence-electron chi connectivity index (χ2n) is 3.58. The van der Waals surface area contributed by atoms with E-state index in [1.165, 1.54) is 6.07 Å². The van der Waals surface area contributed by atoms with Crippen molar-refractivity contribution in [2.75, 3.05) is 5.32 Å². The van der Waals surface area contributed by atoms with Gasteiger partial charge >= 0.3 is 0 Å². The summed E-state index contributed by atoms with van der Waals surface area (Å²) in [5, 5.41) is 11.8. The fourth-order valence-corrected chi connectivity index (χ4v) is 1.69. The van der Waals surface area contributed by atoms with Crippen LogP contribution in [0.15, 0.2) is 36.5 Å². The minimum atomic E-state index is -0.499. The van der Waals surface area contributed by atoms with Gasteiger partial charge in [-0.05, 0) is 18.2 Å². The van der Waals surface area contributed by atoms with Gasteiger partial charge in [-0.3, -0.25) is 0 Å². The predicted octanol–water partition coefficient (Wildman–Crippen LogP) is 3.36. The molecule has 0 amide bonds. The van der Waals surface area contributed by atoms with E-state index in [2.05, 4.69) is 10.3 Å². The molecule has 18 heavy (non-hydrogen) atoms. The van der Waals surface area contributed by atoms with Gasteiger partial charge in [0, 0.05) is 18.3 Å². The normalized spacial score (nSPS) is 9.83. The third-order valence-corrected chi connectivity index (χ3v) is 2.71. The number of halogens is 2. The summed E-state index contributed by atoms with van der Waals surface area (Å²) in [6, 6.07) is 10.2. The number of nitrogens with one attached hydrogen (secondary N) is 1. The maximum atomic E-state index is 13.6. The summed E-state index contributed by atoms with van der Waals surface area (Å²) < 4.78 is 13.6. The molecule has 5 heteroatoms. The molecule has 1 heterocycles. The molecule has 2 aromatic rings. The van der Waals surface area contributed by atoms with Gasteiger partial charge in [-0.25, -0.2) is 9.37 Å². The third-order valence-electron chi connectivity index (χ3n) is 2.42. The van der Waals surface area contributed by atoms with E-state index in [4.69, 9.17) is 16.9 Å². The summed E-state index contributed by atoms with van der Waals surface area (Å²) in [4.78, 5) is 3.93. The van der Waals surface area contributed by atoms with E-state index in [9.17, 15) is 4.39 Å². The number of hydrogen-bond acceptors (Lipinski definition) is 3. The van der Waals surface area contributed by atoms with Crippen LogP contribution in [-0.4, -0.2) is 4.98 Å². The molecule has 0 saturated carbocycles. The van der Waals surface area contributed by atoms with Crippen molar-refractivity contribution in [1.82, 2.24) is 4.98 Å². The molecule has 0 atom stereocenters. The molecule has 0 saturated heterocycles. The highest BCUT2D eigenvalue weighted by molar-refractivity contribution is 6.31. The van der Waals surface area contributed by atoms with Crippen LogP contribution >= 0.6 is 11.6 Å². The van der Waals surface area contributed by atoms with Gasteiger partial charge in [0.2, 0.25) is 0 Å². The zero-order valence-electron chi connectivity index (χ0n) is 9.32. The van der Waals surface area contributed by atoms with E-state index in [0.29, 0.717) is 23.5 Å². The zero-order chi connectivity index (χ0) is 13.0. The smallest absolute Gasteiger partial charge is 0.164 e. The summed E-state index contributed by atoms with van der Waals surface area (Å²) in [7, 11) is 0. The number of benzene rings is 1. The van der Waals surface area contributed by atoms with Crippen molar-refractivity contribution in [3.05, 3.63) is 58.6 Å². The molecular formula is C13H9ClFN3. The van der Waals surface area contributed by atoms with Gasteiger partial charge in [0.15, 0.2) is 5.82 Å². The number of hydrogen-bond donors (Lipinski definition) is 1. The molecule has 2 rings (SSSR count). The maximum absolute atomic E-state index is 13.6. The highest BCUT2D eigenvalue weighted by Gasteiger charge is 2.07. The van der Waals surface area contributed by atoms with Gasteiger partial charge in [-0.1, -0.05) is 23.7 Å². The van der Waals surface area contributed by atoms with Gasteiger partial charge in [0.1, 0.15) is 11.8 Å². The average molecular weight is 262 g/mol. The quantitative estimate of drug-likeness (QED) is 0.922. The molecule has 0 radical (unpaired) electrons. The maximum Gasteiger partial charge on any atom is 0.164 e. The van der Waals surface area contributed by atoms with E-state index in [0.717, 1.165) is 0 Å². The summed E-state index contributed by atoms with van der Waals surface area (Å²) in [5.41, 5.74) is 1.34. The van der Waals surface area contributed by atoms with E-state index in [1.807, 2.05) is 6.07 Å². The van der Waals surface area contributed by atoms with Crippen LogP contribution in [0.3, 0.4) is 0 Å². The third kappa shape index (κ3) is 2.58. The molecule has 0 aliphatic rings. The van der Waals surface area contributed by atoms with Crippen molar-refractivity contribution >= 4 is 17.3 Å². The molecule has 0 aliphatic heterocycles. The standard InChI is InChI=1S/C13H9ClFN3/c14-10-4-1-5-11(13(10)15)18-8-9-3-2-6-17-12(9)7-16/h1-6,18H,8H2. The second-order valence-corrected chi connectivity index (χ2v) is 3.99. The Morgan fingerprint density at radius 2 is 2.17 bits per heavy atom. The lowest BCUT2D eigenvalue weighted by molar-refractivity contribution is 0.630. The molecule has 0 unspecified atom stereocenters. The van der Waals surface area contributed by atoms with Crippen LogP contribution in [-0.2, 0) is 6.54 Å². The van der Waals surface area contributed by atoms with Crippen molar-refractivity contribution in [1.29, 1.82) is 5.26 Å². The van der Waals surface area contributed by atoms with Crippen LogP contribution in [0.5, 0.6) is 0 Å². The number of rotatable bonds is 3. The van der Waals surface area contributed by atoms with Gasteiger partial charge in [0.05, 0.1) is 10.7 Å². The largest absolute Gasteiger partial charge is 0.378 e. The highest BCUT2D eigenvalue weighted by Crippen LogP contribution is 2.22. The first kappa shape index (κ1) is 12.3. The fourth-order valence-electron chi connectivity index (χ4n) is 1.51. The fraction of sp³-hybridized carbons (Fsp3) is 0.0769. The minimum Gasteiger partial charge on any atom is -0.378 e. The number of nitrogens with zero attached hydrogens (tertiary/aromatic N) is 2. The van der Waals surface area contributed by atoms with Crippen molar-refractivity contribution in [3.63, 3.8) is 0 Å².